The Morgan fingerprint density at radius 2 is 2.00 bits per heavy atom. The van der Waals surface area contributed by atoms with Crippen LogP contribution in [0.25, 0.3) is 17.0 Å². The summed E-state index contributed by atoms with van der Waals surface area (Å²) in [6.07, 6.45) is 0.364. The number of imidazole rings is 1. The van der Waals surface area contributed by atoms with Gasteiger partial charge in [0.05, 0.1) is 16.7 Å². The van der Waals surface area contributed by atoms with Crippen LogP contribution >= 0.6 is 11.6 Å². The molecule has 0 spiro atoms. The van der Waals surface area contributed by atoms with Crippen LogP contribution in [-0.4, -0.2) is 25.2 Å². The van der Waals surface area contributed by atoms with Gasteiger partial charge in [0.1, 0.15) is 5.82 Å². The Hall–Kier alpha value is -3.12. The number of rotatable bonds is 2. The number of carbonyl (C=O) groups is 1. The van der Waals surface area contributed by atoms with E-state index in [1.165, 1.54) is 0 Å². The zero-order valence-corrected chi connectivity index (χ0v) is 16.2. The number of nitrogens with zero attached hydrogens (tertiary/aromatic N) is 4. The van der Waals surface area contributed by atoms with E-state index in [0.717, 1.165) is 27.9 Å². The number of para-hydroxylation sites is 2. The van der Waals surface area contributed by atoms with Crippen molar-refractivity contribution in [1.29, 1.82) is 0 Å². The molecule has 3 heterocycles. The molecule has 2 aromatic heterocycles. The Balaban J connectivity index is 1.72. The quantitative estimate of drug-likeness (QED) is 0.557. The van der Waals surface area contributed by atoms with Gasteiger partial charge in [-0.3, -0.25) is 4.79 Å². The van der Waals surface area contributed by atoms with Crippen molar-refractivity contribution < 1.29 is 4.79 Å². The molecule has 1 amide bonds. The van der Waals surface area contributed by atoms with Crippen LogP contribution in [0.2, 0.25) is 5.02 Å². The molecule has 1 unspecified atom stereocenters. The first-order valence-electron chi connectivity index (χ1n) is 9.09. The molecule has 2 aromatic carbocycles. The predicted octanol–water partition coefficient (Wildman–Crippen LogP) is 4.19. The second-order valence-corrected chi connectivity index (χ2v) is 7.52. The van der Waals surface area contributed by atoms with Crippen molar-refractivity contribution in [3.63, 3.8) is 0 Å². The van der Waals surface area contributed by atoms with E-state index in [9.17, 15) is 4.79 Å². The van der Waals surface area contributed by atoms with Crippen LogP contribution in [0.5, 0.6) is 0 Å². The fourth-order valence-corrected chi connectivity index (χ4v) is 4.22. The van der Waals surface area contributed by atoms with E-state index in [4.69, 9.17) is 21.7 Å². The minimum absolute atomic E-state index is 0.0441. The highest BCUT2D eigenvalue weighted by molar-refractivity contribution is 6.30. The summed E-state index contributed by atoms with van der Waals surface area (Å²) in [5.41, 5.74) is 4.78. The van der Waals surface area contributed by atoms with Gasteiger partial charge in [-0.15, -0.1) is 0 Å². The summed E-state index contributed by atoms with van der Waals surface area (Å²) >= 11 is 6.20. The molecule has 0 saturated carbocycles. The summed E-state index contributed by atoms with van der Waals surface area (Å²) in [5, 5.41) is 8.40. The van der Waals surface area contributed by atoms with E-state index in [-0.39, 0.29) is 11.8 Å². The smallest absolute Gasteiger partial charge is 0.233 e. The Kier molecular flexibility index (Phi) is 3.77. The van der Waals surface area contributed by atoms with Crippen molar-refractivity contribution in [3.05, 3.63) is 70.4 Å². The van der Waals surface area contributed by atoms with Gasteiger partial charge in [-0.05, 0) is 36.8 Å². The van der Waals surface area contributed by atoms with Crippen LogP contribution in [0.15, 0.2) is 48.5 Å². The van der Waals surface area contributed by atoms with Gasteiger partial charge in [-0.1, -0.05) is 35.9 Å². The number of hydrogen-bond donors (Lipinski definition) is 1. The minimum Gasteiger partial charge on any atom is -0.311 e. The lowest BCUT2D eigenvalue weighted by Crippen LogP contribution is -2.25. The molecule has 6 nitrogen and oxygen atoms in total. The first-order valence-corrected chi connectivity index (χ1v) is 9.47. The third-order valence-electron chi connectivity index (χ3n) is 5.31. The van der Waals surface area contributed by atoms with Crippen molar-refractivity contribution in [2.24, 2.45) is 7.05 Å². The molecule has 0 bridgehead atoms. The average molecular weight is 392 g/mol. The lowest BCUT2D eigenvalue weighted by Gasteiger charge is -2.24. The highest BCUT2D eigenvalue weighted by Crippen LogP contribution is 2.40. The highest BCUT2D eigenvalue weighted by atomic mass is 35.5. The van der Waals surface area contributed by atoms with E-state index in [2.05, 4.69) is 5.32 Å². The first kappa shape index (κ1) is 17.0. The molecule has 1 aliphatic rings. The van der Waals surface area contributed by atoms with E-state index < -0.39 is 0 Å². The fraction of sp³-hybridized carbons (Fsp3) is 0.190. The van der Waals surface area contributed by atoms with Crippen LogP contribution in [0.3, 0.4) is 0 Å². The second-order valence-electron chi connectivity index (χ2n) is 7.08. The molecule has 1 atom stereocenters. The number of halogens is 1. The molecule has 140 valence electrons. The van der Waals surface area contributed by atoms with Gasteiger partial charge in [-0.2, -0.15) is 9.78 Å². The SMILES string of the molecule is Cc1nn(-c2nc3ccccc3n2C)c2c1C(c1cccc(Cl)c1)CC(=O)N2. The van der Waals surface area contributed by atoms with Gasteiger partial charge in [0, 0.05) is 30.0 Å². The summed E-state index contributed by atoms with van der Waals surface area (Å²) in [4.78, 5) is 17.3. The van der Waals surface area contributed by atoms with E-state index >= 15 is 0 Å². The molecule has 0 radical (unpaired) electrons. The first-order chi connectivity index (χ1) is 13.5. The fourth-order valence-electron chi connectivity index (χ4n) is 4.02. The van der Waals surface area contributed by atoms with Gasteiger partial charge in [0.2, 0.25) is 11.9 Å². The molecule has 1 N–H and O–H groups in total. The standard InChI is InChI=1S/C21H18ClN5O/c1-12-19-15(13-6-5-7-14(22)10-13)11-18(28)24-20(19)27(25-12)21-23-16-8-3-4-9-17(16)26(21)2/h3-10,15H,11H2,1-2H3,(H,24,28). The topological polar surface area (TPSA) is 64.7 Å². The molecule has 4 aromatic rings. The van der Waals surface area contributed by atoms with Gasteiger partial charge in [-0.25, -0.2) is 4.98 Å². The molecule has 5 rings (SSSR count). The summed E-state index contributed by atoms with van der Waals surface area (Å²) in [6.45, 7) is 1.97. The molecular formula is C21H18ClN5O. The maximum absolute atomic E-state index is 12.5. The average Bonchev–Trinajstić information content (AvgIpc) is 3.18. The number of carbonyl (C=O) groups excluding carboxylic acids is 1. The molecule has 0 aliphatic carbocycles. The Labute approximate surface area is 166 Å². The maximum atomic E-state index is 12.5. The molecule has 28 heavy (non-hydrogen) atoms. The van der Waals surface area contributed by atoms with E-state index in [0.29, 0.717) is 23.2 Å². The van der Waals surface area contributed by atoms with Gasteiger partial charge >= 0.3 is 0 Å². The van der Waals surface area contributed by atoms with Gasteiger partial charge in [0.25, 0.3) is 0 Å². The van der Waals surface area contributed by atoms with Crippen molar-refractivity contribution >= 4 is 34.4 Å². The summed E-state index contributed by atoms with van der Waals surface area (Å²) < 4.78 is 3.72. The van der Waals surface area contributed by atoms with Crippen molar-refractivity contribution in [3.8, 4) is 5.95 Å². The third-order valence-corrected chi connectivity index (χ3v) is 5.54. The molecule has 0 saturated heterocycles. The van der Waals surface area contributed by atoms with Crippen molar-refractivity contribution in [1.82, 2.24) is 19.3 Å². The van der Waals surface area contributed by atoms with Crippen molar-refractivity contribution in [2.45, 2.75) is 19.3 Å². The van der Waals surface area contributed by atoms with Crippen LogP contribution in [0.4, 0.5) is 5.82 Å². The number of anilines is 1. The van der Waals surface area contributed by atoms with Crippen LogP contribution in [0.1, 0.15) is 29.2 Å². The highest BCUT2D eigenvalue weighted by Gasteiger charge is 2.33. The van der Waals surface area contributed by atoms with Crippen molar-refractivity contribution in [2.75, 3.05) is 5.32 Å². The molecule has 7 heteroatoms. The monoisotopic (exact) mass is 391 g/mol. The van der Waals surface area contributed by atoms with E-state index in [1.807, 2.05) is 67.1 Å². The lowest BCUT2D eigenvalue weighted by atomic mass is 9.86. The number of nitrogens with one attached hydrogen (secondary N) is 1. The summed E-state index contributed by atoms with van der Waals surface area (Å²) in [7, 11) is 1.95. The second kappa shape index (κ2) is 6.21. The summed E-state index contributed by atoms with van der Waals surface area (Å²) in [6, 6.07) is 15.6. The predicted molar refractivity (Wildman–Crippen MR) is 109 cm³/mol. The van der Waals surface area contributed by atoms with E-state index in [1.54, 1.807) is 4.68 Å². The Morgan fingerprint density at radius 1 is 1.18 bits per heavy atom. The van der Waals surface area contributed by atoms with Crippen LogP contribution in [-0.2, 0) is 11.8 Å². The minimum atomic E-state index is -0.0918. The van der Waals surface area contributed by atoms with Gasteiger partial charge in [0.15, 0.2) is 0 Å². The zero-order chi connectivity index (χ0) is 19.4. The van der Waals surface area contributed by atoms with Crippen LogP contribution < -0.4 is 5.32 Å². The molecular weight excluding hydrogens is 374 g/mol. The normalized spacial score (nSPS) is 16.2. The summed E-state index contributed by atoms with van der Waals surface area (Å²) in [5.74, 6) is 1.21. The maximum Gasteiger partial charge on any atom is 0.233 e. The number of amides is 1. The molecule has 0 fully saturated rings. The lowest BCUT2D eigenvalue weighted by molar-refractivity contribution is -0.116. The molecule has 1 aliphatic heterocycles. The van der Waals surface area contributed by atoms with Crippen LogP contribution in [0, 0.1) is 6.92 Å². The number of aryl methyl sites for hydroxylation is 2. The third kappa shape index (κ3) is 2.52. The number of benzene rings is 2. The van der Waals surface area contributed by atoms with Gasteiger partial charge < -0.3 is 9.88 Å². The number of fused-ring (bicyclic) bond motifs is 2. The Morgan fingerprint density at radius 3 is 2.79 bits per heavy atom. The largest absolute Gasteiger partial charge is 0.311 e. The number of hydrogen-bond acceptors (Lipinski definition) is 3. The Bertz CT molecular complexity index is 1240. The zero-order valence-electron chi connectivity index (χ0n) is 15.5. The number of aromatic nitrogens is 4.